The van der Waals surface area contributed by atoms with Gasteiger partial charge < -0.3 is 9.64 Å². The van der Waals surface area contributed by atoms with Crippen molar-refractivity contribution in [2.75, 3.05) is 13.1 Å². The lowest BCUT2D eigenvalue weighted by Gasteiger charge is -2.32. The molecule has 0 atom stereocenters. The molecule has 5 heteroatoms. The van der Waals surface area contributed by atoms with E-state index in [0.29, 0.717) is 12.3 Å². The number of ether oxygens (including phenoxy) is 1. The van der Waals surface area contributed by atoms with Crippen molar-refractivity contribution in [1.29, 1.82) is 0 Å². The van der Waals surface area contributed by atoms with Gasteiger partial charge in [-0.1, -0.05) is 29.8 Å². The van der Waals surface area contributed by atoms with Gasteiger partial charge in [-0.05, 0) is 12.5 Å². The molecule has 0 N–H and O–H groups in total. The number of aromatic nitrogens is 2. The van der Waals surface area contributed by atoms with E-state index in [1.165, 1.54) is 11.9 Å². The maximum absolute atomic E-state index is 12.4. The number of hydrogen-bond acceptors (Lipinski definition) is 4. The van der Waals surface area contributed by atoms with Gasteiger partial charge in [0, 0.05) is 38.2 Å². The van der Waals surface area contributed by atoms with E-state index in [-0.39, 0.29) is 12.0 Å². The molecule has 1 fully saturated rings. The van der Waals surface area contributed by atoms with Gasteiger partial charge in [0.1, 0.15) is 12.4 Å². The van der Waals surface area contributed by atoms with Gasteiger partial charge in [-0.2, -0.15) is 0 Å². The number of nitrogens with zero attached hydrogens (tertiary/aromatic N) is 3. The van der Waals surface area contributed by atoms with Crippen molar-refractivity contribution in [3.8, 4) is 5.88 Å². The summed E-state index contributed by atoms with van der Waals surface area (Å²) in [7, 11) is 0. The monoisotopic (exact) mass is 311 g/mol. The third-order valence-electron chi connectivity index (χ3n) is 4.07. The lowest BCUT2D eigenvalue weighted by Crippen LogP contribution is -2.42. The third-order valence-corrected chi connectivity index (χ3v) is 4.07. The van der Waals surface area contributed by atoms with Crippen LogP contribution in [-0.4, -0.2) is 40.0 Å². The number of benzene rings is 1. The largest absolute Gasteiger partial charge is 0.474 e. The maximum atomic E-state index is 12.4. The van der Waals surface area contributed by atoms with Crippen LogP contribution in [0.15, 0.2) is 42.9 Å². The van der Waals surface area contributed by atoms with Crippen LogP contribution in [0.4, 0.5) is 0 Å². The van der Waals surface area contributed by atoms with Gasteiger partial charge in [0.25, 0.3) is 0 Å². The van der Waals surface area contributed by atoms with E-state index in [1.54, 1.807) is 12.3 Å². The summed E-state index contributed by atoms with van der Waals surface area (Å²) in [4.78, 5) is 22.3. The average Bonchev–Trinajstić information content (AvgIpc) is 2.56. The molecule has 2 heterocycles. The van der Waals surface area contributed by atoms with Crippen LogP contribution in [0, 0.1) is 6.92 Å². The molecule has 1 aliphatic heterocycles. The van der Waals surface area contributed by atoms with E-state index >= 15 is 0 Å². The molecular weight excluding hydrogens is 290 g/mol. The van der Waals surface area contributed by atoms with Crippen molar-refractivity contribution in [2.45, 2.75) is 32.3 Å². The summed E-state index contributed by atoms with van der Waals surface area (Å²) < 4.78 is 5.83. The van der Waals surface area contributed by atoms with Crippen LogP contribution in [0.3, 0.4) is 0 Å². The second kappa shape index (κ2) is 7.22. The van der Waals surface area contributed by atoms with Gasteiger partial charge in [-0.25, -0.2) is 9.97 Å². The van der Waals surface area contributed by atoms with Crippen molar-refractivity contribution in [3.05, 3.63) is 54.0 Å². The number of likely N-dealkylation sites (tertiary alicyclic amines) is 1. The molecule has 23 heavy (non-hydrogen) atoms. The number of piperidine rings is 1. The Labute approximate surface area is 136 Å². The lowest BCUT2D eigenvalue weighted by atomic mass is 10.0. The Bertz CT molecular complexity index is 652. The van der Waals surface area contributed by atoms with Gasteiger partial charge in [-0.15, -0.1) is 0 Å². The zero-order valence-electron chi connectivity index (χ0n) is 13.3. The van der Waals surface area contributed by atoms with Gasteiger partial charge in [0.05, 0.1) is 6.42 Å². The fraction of sp³-hybridized carbons (Fsp3) is 0.389. The Balaban J connectivity index is 1.49. The number of rotatable bonds is 4. The summed E-state index contributed by atoms with van der Waals surface area (Å²) in [5, 5.41) is 0. The fourth-order valence-electron chi connectivity index (χ4n) is 2.85. The molecule has 0 aliphatic carbocycles. The number of carbonyl (C=O) groups is 1. The normalized spacial score (nSPS) is 15.4. The first-order chi connectivity index (χ1) is 11.2. The molecule has 0 saturated carbocycles. The fourth-order valence-corrected chi connectivity index (χ4v) is 2.85. The predicted octanol–water partition coefficient (Wildman–Crippen LogP) is 2.40. The zero-order chi connectivity index (χ0) is 16.1. The Hall–Kier alpha value is -2.43. The van der Waals surface area contributed by atoms with E-state index in [1.807, 2.05) is 30.0 Å². The average molecular weight is 311 g/mol. The molecule has 0 spiro atoms. The van der Waals surface area contributed by atoms with E-state index in [0.717, 1.165) is 31.5 Å². The molecule has 1 aromatic heterocycles. The smallest absolute Gasteiger partial charge is 0.226 e. The summed E-state index contributed by atoms with van der Waals surface area (Å²) in [5.41, 5.74) is 2.27. The van der Waals surface area contributed by atoms with Crippen molar-refractivity contribution < 1.29 is 9.53 Å². The first kappa shape index (κ1) is 15.5. The van der Waals surface area contributed by atoms with Crippen LogP contribution in [0.1, 0.15) is 24.0 Å². The molecule has 120 valence electrons. The number of carbonyl (C=O) groups excluding carboxylic acids is 1. The molecule has 3 rings (SSSR count). The second-order valence-corrected chi connectivity index (χ2v) is 5.91. The molecule has 0 radical (unpaired) electrons. The summed E-state index contributed by atoms with van der Waals surface area (Å²) in [6, 6.07) is 9.89. The molecular formula is C18H21N3O2. The zero-order valence-corrected chi connectivity index (χ0v) is 13.3. The van der Waals surface area contributed by atoms with Crippen molar-refractivity contribution >= 4 is 5.91 Å². The number of aryl methyl sites for hydroxylation is 1. The van der Waals surface area contributed by atoms with E-state index in [9.17, 15) is 4.79 Å². The number of hydrogen-bond donors (Lipinski definition) is 0. The third kappa shape index (κ3) is 4.28. The Morgan fingerprint density at radius 3 is 2.83 bits per heavy atom. The Morgan fingerprint density at radius 1 is 1.30 bits per heavy atom. The SMILES string of the molecule is Cc1cccc(CC(=O)N2CCC(Oc3ccncn3)CC2)c1. The Morgan fingerprint density at radius 2 is 2.13 bits per heavy atom. The van der Waals surface area contributed by atoms with Crippen molar-refractivity contribution in [3.63, 3.8) is 0 Å². The van der Waals surface area contributed by atoms with Gasteiger partial charge in [0.15, 0.2) is 0 Å². The summed E-state index contributed by atoms with van der Waals surface area (Å²) >= 11 is 0. The highest BCUT2D eigenvalue weighted by Gasteiger charge is 2.24. The molecule has 1 aliphatic rings. The van der Waals surface area contributed by atoms with Crippen LogP contribution in [0.2, 0.25) is 0 Å². The van der Waals surface area contributed by atoms with Gasteiger partial charge >= 0.3 is 0 Å². The standard InChI is InChI=1S/C18H21N3O2/c1-14-3-2-4-15(11-14)12-18(22)21-9-6-16(7-10-21)23-17-5-8-19-13-20-17/h2-5,8,11,13,16H,6-7,9-10,12H2,1H3. The summed E-state index contributed by atoms with van der Waals surface area (Å²) in [6.07, 6.45) is 5.41. The van der Waals surface area contributed by atoms with Crippen molar-refractivity contribution in [1.82, 2.24) is 14.9 Å². The highest BCUT2D eigenvalue weighted by Crippen LogP contribution is 2.17. The quantitative estimate of drug-likeness (QED) is 0.870. The summed E-state index contributed by atoms with van der Waals surface area (Å²) in [5.74, 6) is 0.792. The minimum atomic E-state index is 0.118. The van der Waals surface area contributed by atoms with E-state index in [4.69, 9.17) is 4.74 Å². The first-order valence-electron chi connectivity index (χ1n) is 7.97. The molecule has 2 aromatic rings. The summed E-state index contributed by atoms with van der Waals surface area (Å²) in [6.45, 7) is 3.52. The van der Waals surface area contributed by atoms with Crippen molar-refractivity contribution in [2.24, 2.45) is 0 Å². The Kier molecular flexibility index (Phi) is 4.86. The topological polar surface area (TPSA) is 55.3 Å². The molecule has 5 nitrogen and oxygen atoms in total. The van der Waals surface area contributed by atoms with E-state index in [2.05, 4.69) is 16.0 Å². The predicted molar refractivity (Wildman–Crippen MR) is 87.1 cm³/mol. The van der Waals surface area contributed by atoms with Gasteiger partial charge in [-0.3, -0.25) is 4.79 Å². The lowest BCUT2D eigenvalue weighted by molar-refractivity contribution is -0.132. The molecule has 1 amide bonds. The maximum Gasteiger partial charge on any atom is 0.226 e. The highest BCUT2D eigenvalue weighted by molar-refractivity contribution is 5.78. The molecule has 0 bridgehead atoms. The molecule has 0 unspecified atom stereocenters. The second-order valence-electron chi connectivity index (χ2n) is 5.91. The molecule has 1 aromatic carbocycles. The van der Waals surface area contributed by atoms with E-state index < -0.39 is 0 Å². The van der Waals surface area contributed by atoms with Crippen LogP contribution in [0.25, 0.3) is 0 Å². The number of amides is 1. The van der Waals surface area contributed by atoms with Crippen LogP contribution in [-0.2, 0) is 11.2 Å². The highest BCUT2D eigenvalue weighted by atomic mass is 16.5. The first-order valence-corrected chi connectivity index (χ1v) is 7.97. The minimum Gasteiger partial charge on any atom is -0.474 e. The molecule has 1 saturated heterocycles. The van der Waals surface area contributed by atoms with Crippen LogP contribution in [0.5, 0.6) is 5.88 Å². The minimum absolute atomic E-state index is 0.118. The van der Waals surface area contributed by atoms with Crippen LogP contribution >= 0.6 is 0 Å². The van der Waals surface area contributed by atoms with Gasteiger partial charge in [0.2, 0.25) is 11.8 Å². The van der Waals surface area contributed by atoms with Crippen LogP contribution < -0.4 is 4.74 Å².